The molecule has 0 amide bonds. The molecule has 1 aromatic rings. The molecule has 0 aliphatic rings. The number of nitrogens with one attached hydrogen (secondary N) is 1. The minimum Gasteiger partial charge on any atom is -0.314 e. The molecular weight excluding hydrogens is 216 g/mol. The van der Waals surface area contributed by atoms with Crippen molar-refractivity contribution in [3.05, 3.63) is 27.9 Å². The van der Waals surface area contributed by atoms with Gasteiger partial charge in [-0.1, -0.05) is 0 Å². The maximum atomic E-state index is 11.7. The van der Waals surface area contributed by atoms with E-state index in [1.165, 1.54) is 0 Å². The van der Waals surface area contributed by atoms with Crippen molar-refractivity contribution in [3.8, 4) is 0 Å². The van der Waals surface area contributed by atoms with Gasteiger partial charge in [-0.15, -0.1) is 0 Å². The summed E-state index contributed by atoms with van der Waals surface area (Å²) in [5, 5.41) is 3.31. The van der Waals surface area contributed by atoms with Gasteiger partial charge in [0.05, 0.1) is 0 Å². The summed E-state index contributed by atoms with van der Waals surface area (Å²) < 4.78 is 1.70. The molecule has 0 aromatic carbocycles. The van der Waals surface area contributed by atoms with Crippen molar-refractivity contribution >= 4 is 0 Å². The number of hydrogen-bond donors (Lipinski definition) is 1. The quantitative estimate of drug-likeness (QED) is 0.709. The number of likely N-dealkylation sites (N-methyl/N-ethyl adjacent to an activating group) is 1. The van der Waals surface area contributed by atoms with Crippen LogP contribution >= 0.6 is 0 Å². The number of nitrogens with zero attached hydrogens (tertiary/aromatic N) is 3. The van der Waals surface area contributed by atoms with Crippen molar-refractivity contribution in [3.63, 3.8) is 0 Å². The fraction of sp³-hybridized carbons (Fsp3) is 0.667. The third kappa shape index (κ3) is 4.66. The van der Waals surface area contributed by atoms with E-state index in [-0.39, 0.29) is 5.56 Å². The van der Waals surface area contributed by atoms with E-state index in [1.807, 2.05) is 27.9 Å². The Labute approximate surface area is 102 Å². The van der Waals surface area contributed by atoms with E-state index >= 15 is 0 Å². The highest BCUT2D eigenvalue weighted by Crippen LogP contribution is 1.92. The first-order chi connectivity index (χ1) is 8.00. The molecule has 0 spiro atoms. The standard InChI is InChI=1S/C12H22N4O/c1-10-9-12(17)16(11(2)14-10)8-6-13-5-7-15(3)4/h9,13H,5-8H2,1-4H3. The van der Waals surface area contributed by atoms with Gasteiger partial charge in [0.25, 0.3) is 5.56 Å². The Morgan fingerprint density at radius 2 is 2.06 bits per heavy atom. The Hall–Kier alpha value is -1.20. The zero-order chi connectivity index (χ0) is 12.8. The van der Waals surface area contributed by atoms with Gasteiger partial charge in [0.15, 0.2) is 0 Å². The van der Waals surface area contributed by atoms with Crippen LogP contribution in [0.4, 0.5) is 0 Å². The van der Waals surface area contributed by atoms with E-state index in [4.69, 9.17) is 0 Å². The smallest absolute Gasteiger partial charge is 0.253 e. The summed E-state index contributed by atoms with van der Waals surface area (Å²) in [6.07, 6.45) is 0. The van der Waals surface area contributed by atoms with Gasteiger partial charge in [-0.25, -0.2) is 4.98 Å². The van der Waals surface area contributed by atoms with E-state index < -0.39 is 0 Å². The van der Waals surface area contributed by atoms with E-state index in [0.29, 0.717) is 6.54 Å². The van der Waals surface area contributed by atoms with Crippen LogP contribution in [0.2, 0.25) is 0 Å². The minimum atomic E-state index is 0.0319. The SMILES string of the molecule is Cc1cc(=O)n(CCNCCN(C)C)c(C)n1. The maximum Gasteiger partial charge on any atom is 0.253 e. The molecule has 0 aliphatic carbocycles. The zero-order valence-electron chi connectivity index (χ0n) is 11.2. The van der Waals surface area contributed by atoms with E-state index in [1.54, 1.807) is 10.6 Å². The van der Waals surface area contributed by atoms with Crippen molar-refractivity contribution in [2.75, 3.05) is 33.7 Å². The molecule has 0 radical (unpaired) electrons. The van der Waals surface area contributed by atoms with E-state index in [9.17, 15) is 4.79 Å². The van der Waals surface area contributed by atoms with Gasteiger partial charge >= 0.3 is 0 Å². The van der Waals surface area contributed by atoms with Gasteiger partial charge < -0.3 is 10.2 Å². The van der Waals surface area contributed by atoms with Crippen LogP contribution in [0.1, 0.15) is 11.5 Å². The molecule has 1 N–H and O–H groups in total. The summed E-state index contributed by atoms with van der Waals surface area (Å²) in [5.74, 6) is 0.782. The Morgan fingerprint density at radius 3 is 2.65 bits per heavy atom. The van der Waals surface area contributed by atoms with Crippen LogP contribution < -0.4 is 10.9 Å². The monoisotopic (exact) mass is 238 g/mol. The largest absolute Gasteiger partial charge is 0.314 e. The zero-order valence-corrected chi connectivity index (χ0v) is 11.2. The summed E-state index contributed by atoms with van der Waals surface area (Å²) in [6.45, 7) is 7.10. The van der Waals surface area contributed by atoms with Crippen LogP contribution in [0.5, 0.6) is 0 Å². The van der Waals surface area contributed by atoms with Crippen LogP contribution in [-0.2, 0) is 6.54 Å². The molecule has 96 valence electrons. The highest BCUT2D eigenvalue weighted by Gasteiger charge is 2.01. The second-order valence-corrected chi connectivity index (χ2v) is 4.49. The lowest BCUT2D eigenvalue weighted by Crippen LogP contribution is -2.32. The predicted octanol–water partition coefficient (Wildman–Crippen LogP) is 0.0113. The Bertz CT molecular complexity index is 411. The first-order valence-corrected chi connectivity index (χ1v) is 5.91. The molecule has 1 heterocycles. The maximum absolute atomic E-state index is 11.7. The Morgan fingerprint density at radius 1 is 1.35 bits per heavy atom. The van der Waals surface area contributed by atoms with Crippen LogP contribution in [0.3, 0.4) is 0 Å². The van der Waals surface area contributed by atoms with Gasteiger partial charge in [-0.2, -0.15) is 0 Å². The highest BCUT2D eigenvalue weighted by molar-refractivity contribution is 5.01. The molecular formula is C12H22N4O. The van der Waals surface area contributed by atoms with Crippen molar-refractivity contribution < 1.29 is 0 Å². The second-order valence-electron chi connectivity index (χ2n) is 4.49. The lowest BCUT2D eigenvalue weighted by atomic mass is 10.4. The van der Waals surface area contributed by atoms with Crippen LogP contribution in [0.15, 0.2) is 10.9 Å². The second kappa shape index (κ2) is 6.51. The molecule has 1 rings (SSSR count). The molecule has 5 heteroatoms. The van der Waals surface area contributed by atoms with Gasteiger partial charge in [-0.3, -0.25) is 9.36 Å². The molecule has 0 saturated carbocycles. The number of aryl methyl sites for hydroxylation is 2. The van der Waals surface area contributed by atoms with Crippen LogP contribution in [-0.4, -0.2) is 48.2 Å². The summed E-state index contributed by atoms with van der Waals surface area (Å²) in [4.78, 5) is 18.1. The van der Waals surface area contributed by atoms with Gasteiger partial charge in [0.1, 0.15) is 5.82 Å². The first-order valence-electron chi connectivity index (χ1n) is 5.91. The number of rotatable bonds is 6. The molecule has 17 heavy (non-hydrogen) atoms. The fourth-order valence-electron chi connectivity index (χ4n) is 1.65. The molecule has 0 unspecified atom stereocenters. The molecule has 0 atom stereocenters. The Kier molecular flexibility index (Phi) is 5.31. The van der Waals surface area contributed by atoms with Crippen molar-refractivity contribution in [2.45, 2.75) is 20.4 Å². The molecule has 1 aromatic heterocycles. The minimum absolute atomic E-state index is 0.0319. The summed E-state index contributed by atoms with van der Waals surface area (Å²) in [5.41, 5.74) is 0.814. The van der Waals surface area contributed by atoms with E-state index in [0.717, 1.165) is 31.2 Å². The van der Waals surface area contributed by atoms with Crippen molar-refractivity contribution in [1.82, 2.24) is 19.8 Å². The lowest BCUT2D eigenvalue weighted by Gasteiger charge is -2.12. The van der Waals surface area contributed by atoms with Gasteiger partial charge in [0.2, 0.25) is 0 Å². The Balaban J connectivity index is 2.45. The first kappa shape index (κ1) is 13.9. The number of aromatic nitrogens is 2. The third-order valence-corrected chi connectivity index (χ3v) is 2.58. The summed E-state index contributed by atoms with van der Waals surface area (Å²) >= 11 is 0. The summed E-state index contributed by atoms with van der Waals surface area (Å²) in [6, 6.07) is 1.58. The number of hydrogen-bond acceptors (Lipinski definition) is 4. The fourth-order valence-corrected chi connectivity index (χ4v) is 1.65. The third-order valence-electron chi connectivity index (χ3n) is 2.58. The molecule has 0 bridgehead atoms. The van der Waals surface area contributed by atoms with E-state index in [2.05, 4.69) is 15.2 Å². The van der Waals surface area contributed by atoms with Crippen molar-refractivity contribution in [1.29, 1.82) is 0 Å². The summed E-state index contributed by atoms with van der Waals surface area (Å²) in [7, 11) is 4.08. The molecule has 0 saturated heterocycles. The normalized spacial score (nSPS) is 11.1. The highest BCUT2D eigenvalue weighted by atomic mass is 16.1. The average molecular weight is 238 g/mol. The predicted molar refractivity (Wildman–Crippen MR) is 69.4 cm³/mol. The van der Waals surface area contributed by atoms with Crippen LogP contribution in [0.25, 0.3) is 0 Å². The van der Waals surface area contributed by atoms with Gasteiger partial charge in [-0.05, 0) is 27.9 Å². The molecule has 5 nitrogen and oxygen atoms in total. The van der Waals surface area contributed by atoms with Gasteiger partial charge in [0, 0.05) is 37.9 Å². The molecule has 0 aliphatic heterocycles. The molecule has 0 fully saturated rings. The van der Waals surface area contributed by atoms with Crippen LogP contribution in [0, 0.1) is 13.8 Å². The topological polar surface area (TPSA) is 50.2 Å². The average Bonchev–Trinajstić information content (AvgIpc) is 2.20. The lowest BCUT2D eigenvalue weighted by molar-refractivity contribution is 0.397. The van der Waals surface area contributed by atoms with Crippen molar-refractivity contribution in [2.24, 2.45) is 0 Å².